The van der Waals surface area contributed by atoms with Gasteiger partial charge in [0.25, 0.3) is 0 Å². The number of aliphatic carboxylic acids is 2. The number of carbonyl (C=O) groups is 2. The molecule has 5 rings (SSSR count). The second-order valence-corrected chi connectivity index (χ2v) is 17.0. The van der Waals surface area contributed by atoms with Crippen LogP contribution >= 0.6 is 75.3 Å². The first-order valence-corrected chi connectivity index (χ1v) is 20.8. The third kappa shape index (κ3) is 13.8. The van der Waals surface area contributed by atoms with Crippen LogP contribution in [0, 0.1) is 6.92 Å². The van der Waals surface area contributed by atoms with Crippen molar-refractivity contribution in [2.24, 2.45) is 0 Å². The van der Waals surface area contributed by atoms with Crippen LogP contribution in [-0.2, 0) is 35.6 Å². The Balaban J connectivity index is 0.000000237. The highest BCUT2D eigenvalue weighted by Crippen LogP contribution is 2.38. The highest BCUT2D eigenvalue weighted by molar-refractivity contribution is 9.11. The number of rotatable bonds is 16. The minimum Gasteiger partial charge on any atom is -0.487 e. The minimum atomic E-state index is -0.812. The number of carboxylic acid groups (broad SMARTS) is 2. The maximum Gasteiger partial charge on any atom is 0.303 e. The number of carboxylic acids is 2. The van der Waals surface area contributed by atoms with Gasteiger partial charge in [0, 0.05) is 36.2 Å². The van der Waals surface area contributed by atoms with Crippen molar-refractivity contribution in [1.29, 1.82) is 0 Å². The molecule has 4 aromatic carbocycles. The number of aryl methyl sites for hydroxylation is 3. The first kappa shape index (κ1) is 43.0. The minimum absolute atomic E-state index is 0.0927. The molecule has 1 fully saturated rings. The first-order valence-electron chi connectivity index (χ1n) is 17.2. The predicted molar refractivity (Wildman–Crippen MR) is 227 cm³/mol. The normalized spacial score (nSPS) is 12.4. The quantitative estimate of drug-likeness (QED) is 0.0877. The number of nitrogens with one attached hydrogen (secondary N) is 2. The summed E-state index contributed by atoms with van der Waals surface area (Å²) in [5.41, 5.74) is 7.07. The Kier molecular flexibility index (Phi) is 16.8. The maximum atomic E-state index is 10.8. The summed E-state index contributed by atoms with van der Waals surface area (Å²) in [4.78, 5) is 21.5. The van der Waals surface area contributed by atoms with E-state index >= 15 is 0 Å². The van der Waals surface area contributed by atoms with Gasteiger partial charge in [-0.25, -0.2) is 0 Å². The highest BCUT2D eigenvalue weighted by atomic mass is 79.9. The fourth-order valence-corrected chi connectivity index (χ4v) is 8.79. The average molecular weight is 1000 g/mol. The molecular weight excluding hydrogens is 960 g/mol. The molecule has 0 bridgehead atoms. The molecule has 4 N–H and O–H groups in total. The van der Waals surface area contributed by atoms with Gasteiger partial charge >= 0.3 is 11.9 Å². The Morgan fingerprint density at radius 2 is 1.32 bits per heavy atom. The maximum absolute atomic E-state index is 10.8. The van der Waals surface area contributed by atoms with Crippen LogP contribution in [0.25, 0.3) is 0 Å². The van der Waals surface area contributed by atoms with E-state index in [-0.39, 0.29) is 12.8 Å². The van der Waals surface area contributed by atoms with Crippen molar-refractivity contribution in [3.05, 3.63) is 111 Å². The van der Waals surface area contributed by atoms with Crippen LogP contribution < -0.4 is 20.1 Å². The summed E-state index contributed by atoms with van der Waals surface area (Å²) in [6.45, 7) is 7.07. The van der Waals surface area contributed by atoms with Crippen molar-refractivity contribution < 1.29 is 29.3 Å². The van der Waals surface area contributed by atoms with Crippen LogP contribution in [-0.4, -0.2) is 34.2 Å². The Morgan fingerprint density at radius 1 is 0.792 bits per heavy atom. The van der Waals surface area contributed by atoms with Crippen LogP contribution in [0.2, 0.25) is 5.02 Å². The average Bonchev–Trinajstić information content (AvgIpc) is 3.04. The van der Waals surface area contributed by atoms with E-state index < -0.39 is 11.9 Å². The van der Waals surface area contributed by atoms with Gasteiger partial charge < -0.3 is 30.3 Å². The number of benzene rings is 4. The van der Waals surface area contributed by atoms with E-state index in [0.717, 1.165) is 51.5 Å². The summed E-state index contributed by atoms with van der Waals surface area (Å²) < 4.78 is 15.2. The molecule has 0 aliphatic heterocycles. The second kappa shape index (κ2) is 20.8. The van der Waals surface area contributed by atoms with E-state index in [2.05, 4.69) is 113 Å². The SMILES string of the molecule is Cc1cc(COc2c(Br)cc(CCC(=O)O)cc2Br)cc(NC(C)C)c1.O=C(O)CCc1cc(Br)c(OCc2cccc(NC3CCC3)c2Cl)c(Br)c1. The molecule has 0 heterocycles. The summed E-state index contributed by atoms with van der Waals surface area (Å²) >= 11 is 20.6. The van der Waals surface area contributed by atoms with E-state index in [1.807, 2.05) is 42.5 Å². The van der Waals surface area contributed by atoms with Gasteiger partial charge in [0.15, 0.2) is 0 Å². The Labute approximate surface area is 349 Å². The molecule has 1 saturated carbocycles. The number of ether oxygens (including phenoxy) is 2. The zero-order chi connectivity index (χ0) is 38.7. The molecule has 0 aromatic heterocycles. The van der Waals surface area contributed by atoms with Gasteiger partial charge in [-0.05, 0) is 181 Å². The molecule has 284 valence electrons. The van der Waals surface area contributed by atoms with Crippen molar-refractivity contribution >= 4 is 98.6 Å². The molecule has 8 nitrogen and oxygen atoms in total. The van der Waals surface area contributed by atoms with Crippen molar-refractivity contribution in [3.8, 4) is 11.5 Å². The summed E-state index contributed by atoms with van der Waals surface area (Å²) in [5, 5.41) is 25.2. The fraction of sp³-hybridized carbons (Fsp3) is 0.350. The van der Waals surface area contributed by atoms with Crippen LogP contribution in [0.1, 0.15) is 73.8 Å². The second-order valence-electron chi connectivity index (χ2n) is 13.2. The van der Waals surface area contributed by atoms with Crippen LogP contribution in [0.5, 0.6) is 11.5 Å². The molecule has 53 heavy (non-hydrogen) atoms. The smallest absolute Gasteiger partial charge is 0.303 e. The molecule has 0 radical (unpaired) electrons. The third-order valence-electron chi connectivity index (χ3n) is 8.26. The van der Waals surface area contributed by atoms with Crippen molar-refractivity contribution in [1.82, 2.24) is 0 Å². The number of hydrogen-bond acceptors (Lipinski definition) is 6. The van der Waals surface area contributed by atoms with Crippen molar-refractivity contribution in [2.75, 3.05) is 10.6 Å². The summed E-state index contributed by atoms with van der Waals surface area (Å²) in [6.07, 6.45) is 4.78. The lowest BCUT2D eigenvalue weighted by atomic mass is 9.93. The fourth-order valence-electron chi connectivity index (χ4n) is 5.53. The number of anilines is 2. The molecule has 0 spiro atoms. The van der Waals surface area contributed by atoms with Gasteiger partial charge in [0.2, 0.25) is 0 Å². The molecule has 0 saturated heterocycles. The Bertz CT molecular complexity index is 1860. The van der Waals surface area contributed by atoms with Gasteiger partial charge in [0.05, 0.1) is 28.6 Å². The molecule has 13 heteroatoms. The van der Waals surface area contributed by atoms with Gasteiger partial charge in [-0.1, -0.05) is 29.8 Å². The van der Waals surface area contributed by atoms with Crippen LogP contribution in [0.4, 0.5) is 11.4 Å². The first-order chi connectivity index (χ1) is 25.2. The molecular formula is C40H43Br4ClN2O6. The highest BCUT2D eigenvalue weighted by Gasteiger charge is 2.19. The van der Waals surface area contributed by atoms with Gasteiger partial charge in [-0.15, -0.1) is 0 Å². The standard InChI is InChI=1S/C20H20Br2ClNO3.C20H23Br2NO3/c21-15-9-12(7-8-18(25)26)10-16(22)20(15)27-11-13-3-1-6-17(19(13)23)24-14-4-2-5-14;1-12(2)23-16-7-13(3)6-15(8-16)11-26-20-17(21)9-14(10-18(20)22)4-5-19(24)25/h1,3,6,9-10,14,24H,2,4-5,7-8,11H2,(H,25,26);6-10,12,23H,4-5,11H2,1-3H3,(H,24,25). The van der Waals surface area contributed by atoms with Crippen LogP contribution in [0.15, 0.2) is 78.6 Å². The Hall–Kier alpha value is -2.77. The van der Waals surface area contributed by atoms with E-state index in [1.165, 1.54) is 24.8 Å². The van der Waals surface area contributed by atoms with Gasteiger partial charge in [0.1, 0.15) is 24.7 Å². The number of hydrogen-bond donors (Lipinski definition) is 4. The molecule has 0 amide bonds. The van der Waals surface area contributed by atoms with E-state index in [0.29, 0.717) is 54.7 Å². The van der Waals surface area contributed by atoms with E-state index in [9.17, 15) is 9.59 Å². The molecule has 0 unspecified atom stereocenters. The summed E-state index contributed by atoms with van der Waals surface area (Å²) in [5.74, 6) is -0.234. The molecule has 1 aliphatic carbocycles. The predicted octanol–water partition coefficient (Wildman–Crippen LogP) is 12.4. The van der Waals surface area contributed by atoms with Crippen LogP contribution in [0.3, 0.4) is 0 Å². The lowest BCUT2D eigenvalue weighted by molar-refractivity contribution is -0.138. The molecule has 1 aliphatic rings. The van der Waals surface area contributed by atoms with Crippen molar-refractivity contribution in [2.45, 2.75) is 91.0 Å². The zero-order valence-electron chi connectivity index (χ0n) is 29.7. The number of halogens is 5. The molecule has 0 atom stereocenters. The van der Waals surface area contributed by atoms with Gasteiger partial charge in [-0.3, -0.25) is 9.59 Å². The zero-order valence-corrected chi connectivity index (χ0v) is 36.8. The molecule has 4 aromatic rings. The lowest BCUT2D eigenvalue weighted by Gasteiger charge is -2.28. The van der Waals surface area contributed by atoms with Crippen molar-refractivity contribution in [3.63, 3.8) is 0 Å². The topological polar surface area (TPSA) is 117 Å². The van der Waals surface area contributed by atoms with E-state index in [1.54, 1.807) is 0 Å². The third-order valence-corrected chi connectivity index (χ3v) is 11.1. The monoisotopic (exact) mass is 998 g/mol. The van der Waals surface area contributed by atoms with E-state index in [4.69, 9.17) is 31.3 Å². The largest absolute Gasteiger partial charge is 0.487 e. The van der Waals surface area contributed by atoms with Gasteiger partial charge in [-0.2, -0.15) is 0 Å². The lowest BCUT2D eigenvalue weighted by Crippen LogP contribution is -2.27. The summed E-state index contributed by atoms with van der Waals surface area (Å²) in [6, 6.07) is 20.7. The summed E-state index contributed by atoms with van der Waals surface area (Å²) in [7, 11) is 0. The Morgan fingerprint density at radius 3 is 1.79 bits per heavy atom.